The van der Waals surface area contributed by atoms with Crippen molar-refractivity contribution < 1.29 is 4.79 Å². The SMILES string of the molecule is CC1CCc2c(sc3ncnc(NC(C)C(N)=O)c23)C1. The number of carbonyl (C=O) groups excluding carboxylic acids is 1. The summed E-state index contributed by atoms with van der Waals surface area (Å²) in [4.78, 5) is 22.3. The van der Waals surface area contributed by atoms with Crippen molar-refractivity contribution in [1.29, 1.82) is 0 Å². The van der Waals surface area contributed by atoms with Crippen LogP contribution in [0.15, 0.2) is 6.33 Å². The van der Waals surface area contributed by atoms with Gasteiger partial charge in [0.2, 0.25) is 5.91 Å². The summed E-state index contributed by atoms with van der Waals surface area (Å²) < 4.78 is 0. The number of aryl methyl sites for hydroxylation is 1. The van der Waals surface area contributed by atoms with Gasteiger partial charge in [-0.05, 0) is 37.7 Å². The van der Waals surface area contributed by atoms with Gasteiger partial charge in [0.05, 0.1) is 5.39 Å². The highest BCUT2D eigenvalue weighted by Crippen LogP contribution is 2.39. The summed E-state index contributed by atoms with van der Waals surface area (Å²) >= 11 is 1.75. The number of hydrogen-bond acceptors (Lipinski definition) is 5. The van der Waals surface area contributed by atoms with Crippen LogP contribution in [0.5, 0.6) is 0 Å². The van der Waals surface area contributed by atoms with Crippen LogP contribution in [0.25, 0.3) is 10.2 Å². The molecule has 1 aliphatic rings. The molecule has 20 heavy (non-hydrogen) atoms. The van der Waals surface area contributed by atoms with E-state index >= 15 is 0 Å². The fourth-order valence-corrected chi connectivity index (χ4v) is 4.01. The van der Waals surface area contributed by atoms with Crippen LogP contribution < -0.4 is 11.1 Å². The monoisotopic (exact) mass is 290 g/mol. The van der Waals surface area contributed by atoms with Crippen LogP contribution in [-0.4, -0.2) is 21.9 Å². The van der Waals surface area contributed by atoms with E-state index in [-0.39, 0.29) is 5.91 Å². The van der Waals surface area contributed by atoms with E-state index in [1.165, 1.54) is 16.9 Å². The number of aromatic nitrogens is 2. The second-order valence-electron chi connectivity index (χ2n) is 5.52. The van der Waals surface area contributed by atoms with E-state index < -0.39 is 6.04 Å². The Bertz CT molecular complexity index is 666. The normalized spacial score (nSPS) is 19.6. The van der Waals surface area contributed by atoms with Crippen molar-refractivity contribution in [2.75, 3.05) is 5.32 Å². The zero-order valence-corrected chi connectivity index (χ0v) is 12.5. The molecule has 2 aromatic heterocycles. The van der Waals surface area contributed by atoms with Crippen molar-refractivity contribution in [3.63, 3.8) is 0 Å². The maximum absolute atomic E-state index is 11.2. The Morgan fingerprint density at radius 3 is 3.10 bits per heavy atom. The van der Waals surface area contributed by atoms with Crippen LogP contribution in [0, 0.1) is 5.92 Å². The first-order valence-corrected chi connectivity index (χ1v) is 7.69. The number of nitrogens with one attached hydrogen (secondary N) is 1. The standard InChI is InChI=1S/C14H18N4OS/c1-7-3-4-9-10(5-7)20-14-11(9)13(16-6-17-14)18-8(2)12(15)19/h6-8H,3-5H2,1-2H3,(H2,15,19)(H,16,17,18). The lowest BCUT2D eigenvalue weighted by molar-refractivity contribution is -0.118. The molecule has 2 aromatic rings. The van der Waals surface area contributed by atoms with Crippen molar-refractivity contribution in [2.45, 2.75) is 39.2 Å². The van der Waals surface area contributed by atoms with Crippen LogP contribution in [0.4, 0.5) is 5.82 Å². The molecule has 0 fully saturated rings. The van der Waals surface area contributed by atoms with Crippen molar-refractivity contribution in [3.05, 3.63) is 16.8 Å². The highest BCUT2D eigenvalue weighted by molar-refractivity contribution is 7.19. The fourth-order valence-electron chi connectivity index (χ4n) is 2.66. The van der Waals surface area contributed by atoms with Crippen LogP contribution in [0.2, 0.25) is 0 Å². The summed E-state index contributed by atoms with van der Waals surface area (Å²) in [6.07, 6.45) is 4.91. The Balaban J connectivity index is 2.07. The van der Waals surface area contributed by atoms with Gasteiger partial charge in [0.15, 0.2) is 0 Å². The number of anilines is 1. The average Bonchev–Trinajstić information content (AvgIpc) is 2.76. The molecule has 0 spiro atoms. The third kappa shape index (κ3) is 2.24. The Morgan fingerprint density at radius 1 is 1.55 bits per heavy atom. The van der Waals surface area contributed by atoms with Crippen molar-refractivity contribution >= 4 is 33.3 Å². The summed E-state index contributed by atoms with van der Waals surface area (Å²) in [6, 6.07) is -0.439. The minimum absolute atomic E-state index is 0.380. The molecule has 5 nitrogen and oxygen atoms in total. The Kier molecular flexibility index (Phi) is 3.33. The highest BCUT2D eigenvalue weighted by Gasteiger charge is 2.23. The number of nitrogens with two attached hydrogens (primary N) is 1. The molecular formula is C14H18N4OS. The second-order valence-corrected chi connectivity index (χ2v) is 6.61. The summed E-state index contributed by atoms with van der Waals surface area (Å²) in [5, 5.41) is 4.19. The lowest BCUT2D eigenvalue weighted by Crippen LogP contribution is -2.32. The van der Waals surface area contributed by atoms with Gasteiger partial charge in [0.25, 0.3) is 0 Å². The molecule has 0 radical (unpaired) electrons. The van der Waals surface area contributed by atoms with E-state index in [0.29, 0.717) is 0 Å². The molecule has 6 heteroatoms. The van der Waals surface area contributed by atoms with Crippen molar-refractivity contribution in [1.82, 2.24) is 9.97 Å². The zero-order valence-electron chi connectivity index (χ0n) is 11.6. The maximum Gasteiger partial charge on any atom is 0.239 e. The van der Waals surface area contributed by atoms with Crippen LogP contribution in [0.3, 0.4) is 0 Å². The summed E-state index contributed by atoms with van der Waals surface area (Å²) in [5.74, 6) is 1.08. The molecule has 1 aliphatic carbocycles. The lowest BCUT2D eigenvalue weighted by atomic mass is 9.89. The predicted molar refractivity (Wildman–Crippen MR) is 80.9 cm³/mol. The number of primary amides is 1. The molecule has 2 unspecified atom stereocenters. The smallest absolute Gasteiger partial charge is 0.239 e. The first kappa shape index (κ1) is 13.3. The topological polar surface area (TPSA) is 80.9 Å². The van der Waals surface area contributed by atoms with Gasteiger partial charge in [0, 0.05) is 4.88 Å². The number of amides is 1. The lowest BCUT2D eigenvalue weighted by Gasteiger charge is -2.18. The summed E-state index contributed by atoms with van der Waals surface area (Å²) in [6.45, 7) is 4.03. The molecule has 2 heterocycles. The van der Waals surface area contributed by atoms with Gasteiger partial charge in [-0.1, -0.05) is 6.92 Å². The quantitative estimate of drug-likeness (QED) is 0.907. The molecule has 3 rings (SSSR count). The van der Waals surface area contributed by atoms with Gasteiger partial charge in [-0.15, -0.1) is 11.3 Å². The van der Waals surface area contributed by atoms with E-state index in [0.717, 1.165) is 34.8 Å². The Labute approximate surface area is 121 Å². The molecule has 1 amide bonds. The number of fused-ring (bicyclic) bond motifs is 3. The minimum Gasteiger partial charge on any atom is -0.368 e. The molecule has 106 valence electrons. The number of carbonyl (C=O) groups is 1. The number of thiophene rings is 1. The molecule has 0 bridgehead atoms. The van der Waals surface area contributed by atoms with Gasteiger partial charge in [-0.2, -0.15) is 0 Å². The third-order valence-electron chi connectivity index (χ3n) is 3.87. The number of hydrogen-bond donors (Lipinski definition) is 2. The van der Waals surface area contributed by atoms with Crippen LogP contribution in [0.1, 0.15) is 30.7 Å². The highest BCUT2D eigenvalue weighted by atomic mass is 32.1. The Hall–Kier alpha value is -1.69. The number of nitrogens with zero attached hydrogens (tertiary/aromatic N) is 2. The molecule has 0 aromatic carbocycles. The second kappa shape index (κ2) is 5.01. The van der Waals surface area contributed by atoms with Gasteiger partial charge < -0.3 is 11.1 Å². The van der Waals surface area contributed by atoms with Crippen LogP contribution >= 0.6 is 11.3 Å². The maximum atomic E-state index is 11.2. The van der Waals surface area contributed by atoms with E-state index in [9.17, 15) is 4.79 Å². The minimum atomic E-state index is -0.439. The molecule has 3 N–H and O–H groups in total. The Morgan fingerprint density at radius 2 is 2.35 bits per heavy atom. The predicted octanol–water partition coefficient (Wildman–Crippen LogP) is 2.10. The molecule has 0 aliphatic heterocycles. The molecular weight excluding hydrogens is 272 g/mol. The molecule has 0 saturated heterocycles. The average molecular weight is 290 g/mol. The van der Waals surface area contributed by atoms with Gasteiger partial charge >= 0.3 is 0 Å². The van der Waals surface area contributed by atoms with E-state index in [2.05, 4.69) is 22.2 Å². The van der Waals surface area contributed by atoms with Crippen molar-refractivity contribution in [3.8, 4) is 0 Å². The first-order chi connectivity index (χ1) is 9.56. The number of rotatable bonds is 3. The summed E-state index contributed by atoms with van der Waals surface area (Å²) in [7, 11) is 0. The van der Waals surface area contributed by atoms with E-state index in [4.69, 9.17) is 5.73 Å². The van der Waals surface area contributed by atoms with Crippen molar-refractivity contribution in [2.24, 2.45) is 11.7 Å². The molecule has 2 atom stereocenters. The third-order valence-corrected chi connectivity index (χ3v) is 5.03. The fraction of sp³-hybridized carbons (Fsp3) is 0.500. The van der Waals surface area contributed by atoms with E-state index in [1.807, 2.05) is 0 Å². The van der Waals surface area contributed by atoms with Crippen LogP contribution in [-0.2, 0) is 17.6 Å². The largest absolute Gasteiger partial charge is 0.368 e. The zero-order chi connectivity index (χ0) is 14.3. The molecule has 0 saturated carbocycles. The van der Waals surface area contributed by atoms with E-state index in [1.54, 1.807) is 24.6 Å². The first-order valence-electron chi connectivity index (χ1n) is 6.87. The van der Waals surface area contributed by atoms with Gasteiger partial charge in [0.1, 0.15) is 23.0 Å². The van der Waals surface area contributed by atoms with Gasteiger partial charge in [-0.3, -0.25) is 4.79 Å². The van der Waals surface area contributed by atoms with Gasteiger partial charge in [-0.25, -0.2) is 9.97 Å². The summed E-state index contributed by atoms with van der Waals surface area (Å²) in [5.41, 5.74) is 6.67.